The summed E-state index contributed by atoms with van der Waals surface area (Å²) in [6.07, 6.45) is 9.03. The van der Waals surface area contributed by atoms with E-state index in [1.54, 1.807) is 95.3 Å². The van der Waals surface area contributed by atoms with Crippen molar-refractivity contribution in [2.24, 2.45) is 44.6 Å². The number of pyridine rings is 3. The molecule has 15 atom stereocenters. The van der Waals surface area contributed by atoms with Gasteiger partial charge in [-0.15, -0.1) is 0 Å². The molecule has 0 saturated heterocycles. The van der Waals surface area contributed by atoms with Gasteiger partial charge >= 0.3 is 5.97 Å². The lowest BCUT2D eigenvalue weighted by Gasteiger charge is -2.40. The van der Waals surface area contributed by atoms with Crippen molar-refractivity contribution in [2.45, 2.75) is 89.3 Å². The van der Waals surface area contributed by atoms with Crippen LogP contribution >= 0.6 is 47.8 Å². The van der Waals surface area contributed by atoms with Crippen LogP contribution in [0.1, 0.15) is 84.9 Å². The van der Waals surface area contributed by atoms with E-state index in [0.29, 0.717) is 28.8 Å². The number of benzene rings is 6. The molecule has 0 radical (unpaired) electrons. The van der Waals surface area contributed by atoms with Gasteiger partial charge in [0.05, 0.1) is 123 Å². The van der Waals surface area contributed by atoms with Crippen molar-refractivity contribution >= 4 is 65.6 Å². The standard InChI is InChI=1S/2C29H27BrN4O5.C24H20BrNO6.C5H9N3/c2*1-34-20(12-13-33-34)14-32-27(36)23-24(17-6-4-3-5-7-17)29(18-8-10-19(30)11-9-18)28(37,26(23)35)25-21(38-2)15-31-16-22(25)39-29;1-31-16-11-26-12-17-20(16)23(30)21(27)18(22(28)29)19(13-5-3-2-4-6-13)24(23,32-17)14-7-9-15(25)10-8-14;1-8-5(4-6)2-3-7-8/h2*3-13,15-16,23-24,26,35,37H,14H2,1-2H3,(H,32,36);2-12,18-19,21,27,30H,1H3,(H,28,29);2-3H,4,6H2,1H3/t2*23-,24-,26-,28+,29+;18-,19-,21-,23+,24+;/m111./s1. The van der Waals surface area contributed by atoms with Gasteiger partial charge < -0.3 is 80.5 Å². The number of fused-ring (bicyclic) bond motifs is 9. The molecule has 3 fully saturated rings. The first kappa shape index (κ1) is 81.9. The maximum atomic E-state index is 14.0. The molecule has 0 unspecified atom stereocenters. The third kappa shape index (κ3) is 13.0. The van der Waals surface area contributed by atoms with E-state index in [1.807, 2.05) is 141 Å². The highest BCUT2D eigenvalue weighted by molar-refractivity contribution is 9.11. The van der Waals surface area contributed by atoms with E-state index in [1.165, 1.54) is 58.5 Å². The van der Waals surface area contributed by atoms with E-state index < -0.39 is 105 Å². The molecule has 18 rings (SSSR count). The Hall–Kier alpha value is -11.2. The summed E-state index contributed by atoms with van der Waals surface area (Å²) in [4.78, 5) is 53.1. The van der Waals surface area contributed by atoms with Crippen molar-refractivity contribution < 1.29 is 78.6 Å². The van der Waals surface area contributed by atoms with E-state index in [0.717, 1.165) is 41.6 Å². The molecule has 28 nitrogen and oxygen atoms in total. The van der Waals surface area contributed by atoms with Gasteiger partial charge in [-0.2, -0.15) is 15.3 Å². The topological polar surface area (TPSA) is 390 Å². The summed E-state index contributed by atoms with van der Waals surface area (Å²) in [5.74, 6) is -6.55. The molecule has 608 valence electrons. The van der Waals surface area contributed by atoms with Crippen LogP contribution in [0.5, 0.6) is 34.5 Å². The van der Waals surface area contributed by atoms with Crippen LogP contribution in [0.25, 0.3) is 0 Å². The number of aliphatic carboxylic acids is 1. The molecule has 9 heterocycles. The Kier molecular flexibility index (Phi) is 22.6. The number of carboxylic acids is 1. The number of carbonyl (C=O) groups is 3. The number of amides is 2. The number of nitrogens with zero attached hydrogens (tertiary/aromatic N) is 9. The van der Waals surface area contributed by atoms with Gasteiger partial charge in [0.25, 0.3) is 0 Å². The van der Waals surface area contributed by atoms with Crippen LogP contribution < -0.4 is 44.8 Å². The summed E-state index contributed by atoms with van der Waals surface area (Å²) in [5.41, 5.74) is 1.47. The Bertz CT molecular complexity index is 5430. The Morgan fingerprint density at radius 1 is 0.424 bits per heavy atom. The maximum Gasteiger partial charge on any atom is 0.310 e. The lowest BCUT2D eigenvalue weighted by molar-refractivity contribution is -0.159. The summed E-state index contributed by atoms with van der Waals surface area (Å²) in [6.45, 7) is 0.972. The highest BCUT2D eigenvalue weighted by atomic mass is 79.9. The molecule has 3 aliphatic carbocycles. The van der Waals surface area contributed by atoms with E-state index in [4.69, 9.17) is 34.2 Å². The van der Waals surface area contributed by atoms with Crippen LogP contribution in [0.15, 0.2) is 251 Å². The molecule has 31 heteroatoms. The number of carbonyl (C=O) groups excluding carboxylic acids is 2. The largest absolute Gasteiger partial charge is 0.495 e. The van der Waals surface area contributed by atoms with Gasteiger partial charge in [-0.3, -0.25) is 43.4 Å². The fourth-order valence-electron chi connectivity index (χ4n) is 18.5. The number of nitrogens with two attached hydrogens (primary N) is 1. The minimum atomic E-state index is -2.12. The second-order valence-electron chi connectivity index (χ2n) is 29.4. The zero-order valence-corrected chi connectivity index (χ0v) is 69.1. The van der Waals surface area contributed by atoms with Crippen molar-refractivity contribution in [1.29, 1.82) is 0 Å². The van der Waals surface area contributed by atoms with Gasteiger partial charge in [-0.25, -0.2) is 0 Å². The van der Waals surface area contributed by atoms with Crippen LogP contribution in [-0.4, -0.2) is 137 Å². The summed E-state index contributed by atoms with van der Waals surface area (Å²) >= 11 is 10.4. The average molecular weight is 1790 g/mol. The highest BCUT2D eigenvalue weighted by Gasteiger charge is 2.81. The molecular formula is C87H83Br3N12O16. The second kappa shape index (κ2) is 32.6. The first-order valence-electron chi connectivity index (χ1n) is 37.5. The van der Waals surface area contributed by atoms with Gasteiger partial charge in [-0.05, 0) is 88.0 Å². The van der Waals surface area contributed by atoms with Gasteiger partial charge in [0.1, 0.15) is 52.8 Å². The van der Waals surface area contributed by atoms with E-state index in [2.05, 4.69) is 88.7 Å². The quantitative estimate of drug-likeness (QED) is 0.0405. The molecule has 3 aliphatic heterocycles. The molecule has 6 aromatic heterocycles. The number of carboxylic acid groups (broad SMARTS) is 1. The molecule has 2 amide bonds. The number of aliphatic hydroxyl groups is 6. The third-order valence-corrected chi connectivity index (χ3v) is 25.3. The zero-order valence-electron chi connectivity index (χ0n) is 64.4. The number of aryl methyl sites for hydroxylation is 3. The van der Waals surface area contributed by atoms with E-state index in [-0.39, 0.29) is 64.3 Å². The smallest absolute Gasteiger partial charge is 0.310 e. The number of ether oxygens (including phenoxy) is 6. The van der Waals surface area contributed by atoms with Gasteiger partial charge in [0.15, 0.2) is 33.6 Å². The van der Waals surface area contributed by atoms with Gasteiger partial charge in [-0.1, -0.05) is 175 Å². The molecule has 118 heavy (non-hydrogen) atoms. The predicted molar refractivity (Wildman–Crippen MR) is 438 cm³/mol. The summed E-state index contributed by atoms with van der Waals surface area (Å²) in [5, 5.41) is 102. The van der Waals surface area contributed by atoms with Crippen molar-refractivity contribution in [3.05, 3.63) is 318 Å². The average Bonchev–Trinajstić information content (AvgIpc) is 1.51. The molecule has 6 aliphatic rings. The Morgan fingerprint density at radius 2 is 0.703 bits per heavy atom. The van der Waals surface area contributed by atoms with Gasteiger partial charge in [0.2, 0.25) is 11.8 Å². The molecule has 3 saturated carbocycles. The molecule has 0 spiro atoms. The van der Waals surface area contributed by atoms with Crippen molar-refractivity contribution in [3.8, 4) is 34.5 Å². The Labute approximate surface area is 702 Å². The minimum absolute atomic E-state index is 0.190. The minimum Gasteiger partial charge on any atom is -0.495 e. The number of hydrogen-bond donors (Lipinski definition) is 10. The number of hydrogen-bond acceptors (Lipinski definition) is 22. The zero-order chi connectivity index (χ0) is 83.4. The Balaban J connectivity index is 0.000000132. The van der Waals surface area contributed by atoms with Crippen LogP contribution in [-0.2, 0) is 88.8 Å². The first-order chi connectivity index (χ1) is 56.8. The van der Waals surface area contributed by atoms with Crippen LogP contribution in [0, 0.1) is 17.8 Å². The fourth-order valence-corrected chi connectivity index (χ4v) is 19.3. The van der Waals surface area contributed by atoms with E-state index in [9.17, 15) is 50.1 Å². The monoisotopic (exact) mass is 1790 g/mol. The first-order valence-corrected chi connectivity index (χ1v) is 39.9. The molecule has 0 bridgehead atoms. The lowest BCUT2D eigenvalue weighted by Crippen LogP contribution is -2.52. The normalized spacial score (nSPS) is 26.7. The van der Waals surface area contributed by atoms with E-state index >= 15 is 0 Å². The SMILES string of the molecule is COc1cncc2c1[C@]1(O)[C@H](O)[C@H](C(=O)NCc3ccnn3C)[C@@H](c3ccccc3)[C@]1(c1ccc(Br)cc1)O2.COc1cncc2c1[C@]1(O)[C@H](O)[C@H](C(=O)NCc3ccnn3C)[C@@H](c3ccccc3)[C@]1(c1ccc(Br)cc1)O2.COc1cncc2c1[C@]1(O)[C@H](O)[C@H](C(=O)O)[C@@H](c3ccccc3)[C@]1(c1ccc(Br)cc1)O2.Cn1nccc1CN. The van der Waals surface area contributed by atoms with Crippen molar-refractivity contribution in [2.75, 3.05) is 21.3 Å². The number of aliphatic hydroxyl groups excluding tert-OH is 3. The van der Waals surface area contributed by atoms with Crippen LogP contribution in [0.4, 0.5) is 0 Å². The predicted octanol–water partition coefficient (Wildman–Crippen LogP) is 9.37. The number of methoxy groups -OCH3 is 3. The lowest BCUT2D eigenvalue weighted by atomic mass is 9.70. The molecule has 12 aromatic rings. The summed E-state index contributed by atoms with van der Waals surface area (Å²) < 4.78 is 44.1. The van der Waals surface area contributed by atoms with Crippen molar-refractivity contribution in [1.82, 2.24) is 54.9 Å². The second-order valence-corrected chi connectivity index (χ2v) is 32.1. The van der Waals surface area contributed by atoms with Gasteiger partial charge in [0, 0.05) is 77.5 Å². The van der Waals surface area contributed by atoms with Crippen LogP contribution in [0.2, 0.25) is 0 Å². The molecule has 11 N–H and O–H groups in total. The number of halogens is 3. The molecule has 6 aromatic carbocycles. The van der Waals surface area contributed by atoms with Crippen LogP contribution in [0.3, 0.4) is 0 Å². The van der Waals surface area contributed by atoms with Crippen molar-refractivity contribution in [3.63, 3.8) is 0 Å². The Morgan fingerprint density at radius 3 is 0.958 bits per heavy atom. The fraction of sp³-hybridized carbons (Fsp3) is 0.276. The number of nitrogens with one attached hydrogen (secondary N) is 2. The number of aromatic nitrogens is 9. The summed E-state index contributed by atoms with van der Waals surface area (Å²) in [7, 11) is 9.81. The maximum absolute atomic E-state index is 14.0. The summed E-state index contributed by atoms with van der Waals surface area (Å²) in [6, 6.07) is 55.0. The highest BCUT2D eigenvalue weighted by Crippen LogP contribution is 2.73. The third-order valence-electron chi connectivity index (χ3n) is 23.7. The number of rotatable bonds is 17. The molecular weight excluding hydrogens is 1710 g/mol.